The summed E-state index contributed by atoms with van der Waals surface area (Å²) >= 11 is 0. The van der Waals surface area contributed by atoms with Gasteiger partial charge in [-0.25, -0.2) is 19.0 Å². The van der Waals surface area contributed by atoms with Crippen molar-refractivity contribution in [2.45, 2.75) is 6.92 Å². The Morgan fingerprint density at radius 3 is 2.56 bits per heavy atom. The van der Waals surface area contributed by atoms with E-state index >= 15 is 0 Å². The highest BCUT2D eigenvalue weighted by atomic mass is 19.1. The van der Waals surface area contributed by atoms with Gasteiger partial charge in [-0.3, -0.25) is 0 Å². The molecule has 2 heterocycles. The molecule has 1 aliphatic rings. The van der Waals surface area contributed by atoms with Crippen molar-refractivity contribution >= 4 is 17.6 Å². The Kier molecular flexibility index (Phi) is 5.22. The Bertz CT molecular complexity index is 921. The van der Waals surface area contributed by atoms with Crippen LogP contribution in [0.5, 0.6) is 0 Å². The fourth-order valence-electron chi connectivity index (χ4n) is 2.77. The molecule has 0 unspecified atom stereocenters. The van der Waals surface area contributed by atoms with Gasteiger partial charge in [0.15, 0.2) is 0 Å². The molecule has 1 aromatic heterocycles. The zero-order valence-electron chi connectivity index (χ0n) is 15.1. The van der Waals surface area contributed by atoms with Gasteiger partial charge in [-0.15, -0.1) is 0 Å². The highest BCUT2D eigenvalue weighted by Gasteiger charge is 2.32. The van der Waals surface area contributed by atoms with Crippen LogP contribution >= 0.6 is 0 Å². The van der Waals surface area contributed by atoms with Crippen LogP contribution < -0.4 is 4.90 Å². The molecule has 27 heavy (non-hydrogen) atoms. The van der Waals surface area contributed by atoms with Crippen molar-refractivity contribution in [3.05, 3.63) is 53.5 Å². The number of hydrogen-bond donors (Lipinski definition) is 0. The maximum Gasteiger partial charge on any atom is 0.355 e. The van der Waals surface area contributed by atoms with Gasteiger partial charge in [-0.1, -0.05) is 0 Å². The molecule has 8 nitrogen and oxygen atoms in total. The van der Waals surface area contributed by atoms with E-state index in [-0.39, 0.29) is 24.6 Å². The standard InChI is InChI=1S/C18H18FN3O5/c1-11-7-21(9-20-11)15-5-4-12(6-14(15)19)22-10-27-8-13(17(23)25-2)16(22)18(24)26-3/h4-7,9H,8,10H2,1-3H3. The first-order valence-electron chi connectivity index (χ1n) is 8.01. The lowest BCUT2D eigenvalue weighted by atomic mass is 10.1. The number of benzene rings is 1. The van der Waals surface area contributed by atoms with Crippen LogP contribution in [0.1, 0.15) is 5.69 Å². The minimum atomic E-state index is -0.742. The van der Waals surface area contributed by atoms with Crippen molar-refractivity contribution in [3.63, 3.8) is 0 Å². The van der Waals surface area contributed by atoms with Gasteiger partial charge < -0.3 is 23.7 Å². The number of methoxy groups -OCH3 is 2. The van der Waals surface area contributed by atoms with E-state index < -0.39 is 17.8 Å². The lowest BCUT2D eigenvalue weighted by molar-refractivity contribution is -0.140. The van der Waals surface area contributed by atoms with Gasteiger partial charge in [0.1, 0.15) is 18.2 Å². The second kappa shape index (κ2) is 7.58. The summed E-state index contributed by atoms with van der Waals surface area (Å²) in [6.07, 6.45) is 3.20. The van der Waals surface area contributed by atoms with Crippen LogP contribution in [-0.2, 0) is 23.8 Å². The Labute approximate surface area is 154 Å². The molecule has 0 amide bonds. The highest BCUT2D eigenvalue weighted by molar-refractivity contribution is 6.03. The molecule has 0 N–H and O–H groups in total. The number of esters is 2. The summed E-state index contributed by atoms with van der Waals surface area (Å²) in [5.41, 5.74) is 1.34. The Morgan fingerprint density at radius 1 is 1.22 bits per heavy atom. The molecule has 3 rings (SSSR count). The molecule has 0 spiro atoms. The van der Waals surface area contributed by atoms with E-state index in [1.165, 1.54) is 31.5 Å². The summed E-state index contributed by atoms with van der Waals surface area (Å²) in [5, 5.41) is 0. The molecular formula is C18H18FN3O5. The largest absolute Gasteiger partial charge is 0.466 e. The van der Waals surface area contributed by atoms with Gasteiger partial charge in [0.2, 0.25) is 0 Å². The van der Waals surface area contributed by atoms with Crippen LogP contribution in [-0.4, -0.2) is 49.0 Å². The van der Waals surface area contributed by atoms with Gasteiger partial charge in [-0.2, -0.15) is 0 Å². The van der Waals surface area contributed by atoms with Crippen LogP contribution in [0.2, 0.25) is 0 Å². The fraction of sp³-hybridized carbons (Fsp3) is 0.278. The number of halogens is 1. The number of carbonyl (C=O) groups is 2. The Balaban J connectivity index is 2.04. The van der Waals surface area contributed by atoms with Gasteiger partial charge in [0.25, 0.3) is 0 Å². The van der Waals surface area contributed by atoms with Crippen LogP contribution in [0.3, 0.4) is 0 Å². The minimum Gasteiger partial charge on any atom is -0.466 e. The van der Waals surface area contributed by atoms with Crippen molar-refractivity contribution in [3.8, 4) is 5.69 Å². The maximum absolute atomic E-state index is 14.7. The molecule has 1 aliphatic heterocycles. The third-order valence-electron chi connectivity index (χ3n) is 4.07. The predicted molar refractivity (Wildman–Crippen MR) is 92.6 cm³/mol. The van der Waals surface area contributed by atoms with E-state index in [1.807, 2.05) is 0 Å². The van der Waals surface area contributed by atoms with Crippen molar-refractivity contribution in [1.29, 1.82) is 0 Å². The van der Waals surface area contributed by atoms with E-state index in [2.05, 4.69) is 4.98 Å². The monoisotopic (exact) mass is 375 g/mol. The number of aryl methyl sites for hydroxylation is 1. The second-order valence-corrected chi connectivity index (χ2v) is 5.77. The van der Waals surface area contributed by atoms with E-state index in [1.54, 1.807) is 29.8 Å². The van der Waals surface area contributed by atoms with Crippen LogP contribution in [0.15, 0.2) is 42.0 Å². The predicted octanol–water partition coefficient (Wildman–Crippen LogP) is 1.71. The third-order valence-corrected chi connectivity index (χ3v) is 4.07. The molecule has 0 atom stereocenters. The molecule has 9 heteroatoms. The molecule has 0 bridgehead atoms. The van der Waals surface area contributed by atoms with Crippen molar-refractivity contribution < 1.29 is 28.2 Å². The number of ether oxygens (including phenoxy) is 3. The SMILES string of the molecule is COC(=O)C1=C(C(=O)OC)N(c2ccc(-n3cnc(C)c3)c(F)c2)COC1. The summed E-state index contributed by atoms with van der Waals surface area (Å²) in [5.74, 6) is -1.99. The lowest BCUT2D eigenvalue weighted by Crippen LogP contribution is -2.38. The quantitative estimate of drug-likeness (QED) is 0.753. The van der Waals surface area contributed by atoms with Gasteiger partial charge in [0.05, 0.1) is 44.1 Å². The van der Waals surface area contributed by atoms with Gasteiger partial charge in [0, 0.05) is 11.9 Å². The second-order valence-electron chi connectivity index (χ2n) is 5.77. The summed E-state index contributed by atoms with van der Waals surface area (Å²) < 4.78 is 31.1. The van der Waals surface area contributed by atoms with Crippen LogP contribution in [0.4, 0.5) is 10.1 Å². The summed E-state index contributed by atoms with van der Waals surface area (Å²) in [7, 11) is 2.40. The zero-order valence-corrected chi connectivity index (χ0v) is 15.1. The summed E-state index contributed by atoms with van der Waals surface area (Å²) in [6, 6.07) is 4.41. The molecular weight excluding hydrogens is 357 g/mol. The molecule has 2 aromatic rings. The fourth-order valence-corrected chi connectivity index (χ4v) is 2.77. The molecule has 0 fully saturated rings. The van der Waals surface area contributed by atoms with E-state index in [4.69, 9.17) is 14.2 Å². The van der Waals surface area contributed by atoms with Crippen molar-refractivity contribution in [2.24, 2.45) is 0 Å². The molecule has 0 radical (unpaired) electrons. The normalized spacial score (nSPS) is 14.3. The average molecular weight is 375 g/mol. The van der Waals surface area contributed by atoms with E-state index in [0.29, 0.717) is 11.4 Å². The number of hydrogen-bond acceptors (Lipinski definition) is 7. The number of rotatable bonds is 4. The Morgan fingerprint density at radius 2 is 1.96 bits per heavy atom. The van der Waals surface area contributed by atoms with Gasteiger partial charge >= 0.3 is 11.9 Å². The number of anilines is 1. The first-order chi connectivity index (χ1) is 13.0. The lowest BCUT2D eigenvalue weighted by Gasteiger charge is -2.31. The number of imidazole rings is 1. The number of nitrogens with zero attached hydrogens (tertiary/aromatic N) is 3. The molecule has 1 aromatic carbocycles. The van der Waals surface area contributed by atoms with Crippen molar-refractivity contribution in [1.82, 2.24) is 9.55 Å². The topological polar surface area (TPSA) is 82.9 Å². The van der Waals surface area contributed by atoms with E-state index in [9.17, 15) is 14.0 Å². The smallest absolute Gasteiger partial charge is 0.355 e. The minimum absolute atomic E-state index is 0.00493. The maximum atomic E-state index is 14.7. The first-order valence-corrected chi connectivity index (χ1v) is 8.01. The summed E-state index contributed by atoms with van der Waals surface area (Å²) in [4.78, 5) is 29.7. The number of carbonyl (C=O) groups excluding carboxylic acids is 2. The van der Waals surface area contributed by atoms with Crippen LogP contribution in [0, 0.1) is 12.7 Å². The molecule has 0 saturated carbocycles. The van der Waals surface area contributed by atoms with E-state index in [0.717, 1.165) is 5.69 Å². The zero-order chi connectivity index (χ0) is 19.6. The highest BCUT2D eigenvalue weighted by Crippen LogP contribution is 2.29. The first kappa shape index (κ1) is 18.6. The van der Waals surface area contributed by atoms with Gasteiger partial charge in [-0.05, 0) is 25.1 Å². The number of aromatic nitrogens is 2. The average Bonchev–Trinajstić information content (AvgIpc) is 3.12. The van der Waals surface area contributed by atoms with Crippen LogP contribution in [0.25, 0.3) is 5.69 Å². The summed E-state index contributed by atoms with van der Waals surface area (Å²) in [6.45, 7) is 1.64. The molecule has 142 valence electrons. The Hall–Kier alpha value is -3.20. The third kappa shape index (κ3) is 3.54. The molecule has 0 aliphatic carbocycles. The molecule has 0 saturated heterocycles. The van der Waals surface area contributed by atoms with Crippen molar-refractivity contribution in [2.75, 3.05) is 32.5 Å².